The van der Waals surface area contributed by atoms with Crippen molar-refractivity contribution in [2.45, 2.75) is 19.9 Å². The standard InChI is InChI=1S/C21H24FN3O/c1-14-18(19-11-16(22)7-10-20(19)23-14)12-21(26)25(4)13-15-5-8-17(9-6-15)24(2)3/h5-11,23H,12-13H2,1-4H3. The third-order valence-corrected chi connectivity index (χ3v) is 4.71. The average Bonchev–Trinajstić information content (AvgIpc) is 2.90. The molecule has 0 aliphatic carbocycles. The van der Waals surface area contributed by atoms with E-state index in [9.17, 15) is 9.18 Å². The summed E-state index contributed by atoms with van der Waals surface area (Å²) in [6.07, 6.45) is 0.252. The SMILES string of the molecule is Cc1[nH]c2ccc(F)cc2c1CC(=O)N(C)Cc1ccc(N(C)C)cc1. The lowest BCUT2D eigenvalue weighted by Gasteiger charge is -2.18. The number of hydrogen-bond acceptors (Lipinski definition) is 2. The van der Waals surface area contributed by atoms with Gasteiger partial charge in [-0.25, -0.2) is 4.39 Å². The number of nitrogens with one attached hydrogen (secondary N) is 1. The van der Waals surface area contributed by atoms with E-state index in [1.165, 1.54) is 12.1 Å². The van der Waals surface area contributed by atoms with Gasteiger partial charge in [0.15, 0.2) is 0 Å². The lowest BCUT2D eigenvalue weighted by Crippen LogP contribution is -2.27. The zero-order chi connectivity index (χ0) is 18.8. The summed E-state index contributed by atoms with van der Waals surface area (Å²) in [6.45, 7) is 2.46. The number of halogens is 1. The molecule has 26 heavy (non-hydrogen) atoms. The molecule has 136 valence electrons. The minimum Gasteiger partial charge on any atom is -0.378 e. The molecule has 0 radical (unpaired) electrons. The summed E-state index contributed by atoms with van der Waals surface area (Å²) >= 11 is 0. The fourth-order valence-electron chi connectivity index (χ4n) is 3.13. The Morgan fingerprint density at radius 2 is 1.77 bits per heavy atom. The fraction of sp³-hybridized carbons (Fsp3) is 0.286. The van der Waals surface area contributed by atoms with E-state index in [0.29, 0.717) is 6.54 Å². The molecule has 0 aliphatic rings. The minimum atomic E-state index is -0.292. The number of carbonyl (C=O) groups excluding carboxylic acids is 1. The second kappa shape index (κ2) is 7.20. The van der Waals surface area contributed by atoms with Gasteiger partial charge in [0.05, 0.1) is 6.42 Å². The molecule has 1 aromatic heterocycles. The molecule has 1 heterocycles. The van der Waals surface area contributed by atoms with Crippen LogP contribution in [0.15, 0.2) is 42.5 Å². The number of fused-ring (bicyclic) bond motifs is 1. The first kappa shape index (κ1) is 18.0. The Balaban J connectivity index is 1.73. The first-order valence-corrected chi connectivity index (χ1v) is 8.62. The Hall–Kier alpha value is -2.82. The third kappa shape index (κ3) is 3.72. The zero-order valence-corrected chi connectivity index (χ0v) is 15.6. The number of amides is 1. The van der Waals surface area contributed by atoms with Gasteiger partial charge in [0.2, 0.25) is 5.91 Å². The van der Waals surface area contributed by atoms with Crippen molar-refractivity contribution >= 4 is 22.5 Å². The maximum absolute atomic E-state index is 13.6. The Kier molecular flexibility index (Phi) is 4.98. The molecule has 0 spiro atoms. The molecule has 0 fully saturated rings. The number of aromatic amines is 1. The van der Waals surface area contributed by atoms with E-state index in [2.05, 4.69) is 4.98 Å². The van der Waals surface area contributed by atoms with Crippen molar-refractivity contribution in [2.75, 3.05) is 26.0 Å². The summed E-state index contributed by atoms with van der Waals surface area (Å²) in [5.74, 6) is -0.283. The van der Waals surface area contributed by atoms with Crippen LogP contribution in [0.2, 0.25) is 0 Å². The van der Waals surface area contributed by atoms with Crippen LogP contribution in [-0.2, 0) is 17.8 Å². The highest BCUT2D eigenvalue weighted by Crippen LogP contribution is 2.24. The number of aryl methyl sites for hydroxylation is 1. The highest BCUT2D eigenvalue weighted by atomic mass is 19.1. The van der Waals surface area contributed by atoms with Crippen molar-refractivity contribution in [3.8, 4) is 0 Å². The average molecular weight is 353 g/mol. The van der Waals surface area contributed by atoms with Crippen molar-refractivity contribution in [3.63, 3.8) is 0 Å². The molecule has 1 N–H and O–H groups in total. The van der Waals surface area contributed by atoms with Gasteiger partial charge in [0.25, 0.3) is 0 Å². The summed E-state index contributed by atoms with van der Waals surface area (Å²) in [6, 6.07) is 12.8. The maximum atomic E-state index is 13.6. The lowest BCUT2D eigenvalue weighted by atomic mass is 10.1. The van der Waals surface area contributed by atoms with E-state index in [1.807, 2.05) is 50.2 Å². The first-order chi connectivity index (χ1) is 12.3. The summed E-state index contributed by atoms with van der Waals surface area (Å²) in [4.78, 5) is 19.7. The molecule has 2 aromatic carbocycles. The van der Waals surface area contributed by atoms with Crippen molar-refractivity contribution < 1.29 is 9.18 Å². The fourth-order valence-corrected chi connectivity index (χ4v) is 3.13. The number of likely N-dealkylation sites (N-methyl/N-ethyl adjacent to an activating group) is 1. The van der Waals surface area contributed by atoms with Crippen molar-refractivity contribution in [1.82, 2.24) is 9.88 Å². The Labute approximate surface area is 153 Å². The molecule has 0 aliphatic heterocycles. The summed E-state index contributed by atoms with van der Waals surface area (Å²) < 4.78 is 13.6. The van der Waals surface area contributed by atoms with Crippen LogP contribution in [0.1, 0.15) is 16.8 Å². The van der Waals surface area contributed by atoms with Crippen molar-refractivity contribution in [2.24, 2.45) is 0 Å². The van der Waals surface area contributed by atoms with Crippen LogP contribution in [0, 0.1) is 12.7 Å². The number of aromatic nitrogens is 1. The van der Waals surface area contributed by atoms with E-state index < -0.39 is 0 Å². The largest absolute Gasteiger partial charge is 0.378 e. The smallest absolute Gasteiger partial charge is 0.227 e. The normalized spacial score (nSPS) is 11.0. The quantitative estimate of drug-likeness (QED) is 0.756. The molecule has 1 amide bonds. The van der Waals surface area contributed by atoms with E-state index >= 15 is 0 Å². The van der Waals surface area contributed by atoms with Crippen molar-refractivity contribution in [1.29, 1.82) is 0 Å². The van der Waals surface area contributed by atoms with Gasteiger partial charge >= 0.3 is 0 Å². The third-order valence-electron chi connectivity index (χ3n) is 4.71. The number of nitrogens with zero attached hydrogens (tertiary/aromatic N) is 2. The van der Waals surface area contributed by atoms with Crippen LogP contribution in [0.4, 0.5) is 10.1 Å². The van der Waals surface area contributed by atoms with Gasteiger partial charge in [0.1, 0.15) is 5.82 Å². The molecule has 0 unspecified atom stereocenters. The van der Waals surface area contributed by atoms with E-state index in [1.54, 1.807) is 18.0 Å². The molecule has 3 aromatic rings. The molecule has 0 saturated heterocycles. The zero-order valence-electron chi connectivity index (χ0n) is 15.6. The van der Waals surface area contributed by atoms with Gasteiger partial charge in [-0.2, -0.15) is 0 Å². The van der Waals surface area contributed by atoms with E-state index in [0.717, 1.165) is 33.4 Å². The molecule has 0 saturated carbocycles. The highest BCUT2D eigenvalue weighted by Gasteiger charge is 2.16. The topological polar surface area (TPSA) is 39.3 Å². The summed E-state index contributed by atoms with van der Waals surface area (Å²) in [7, 11) is 5.79. The van der Waals surface area contributed by atoms with Crippen LogP contribution < -0.4 is 4.90 Å². The minimum absolute atomic E-state index is 0.00921. The molecular formula is C21H24FN3O. The molecular weight excluding hydrogens is 329 g/mol. The number of H-pyrrole nitrogens is 1. The number of carbonyl (C=O) groups is 1. The second-order valence-electron chi connectivity index (χ2n) is 6.91. The maximum Gasteiger partial charge on any atom is 0.227 e. The van der Waals surface area contributed by atoms with E-state index in [-0.39, 0.29) is 18.1 Å². The lowest BCUT2D eigenvalue weighted by molar-refractivity contribution is -0.129. The van der Waals surface area contributed by atoms with E-state index in [4.69, 9.17) is 0 Å². The van der Waals surface area contributed by atoms with Crippen LogP contribution in [0.5, 0.6) is 0 Å². The molecule has 4 nitrogen and oxygen atoms in total. The monoisotopic (exact) mass is 353 g/mol. The predicted molar refractivity (Wildman–Crippen MR) is 104 cm³/mol. The summed E-state index contributed by atoms with van der Waals surface area (Å²) in [5.41, 5.74) is 4.82. The number of rotatable bonds is 5. The van der Waals surface area contributed by atoms with Gasteiger partial charge < -0.3 is 14.8 Å². The predicted octanol–water partition coefficient (Wildman–Crippen LogP) is 3.88. The van der Waals surface area contributed by atoms with Crippen LogP contribution in [0.25, 0.3) is 10.9 Å². The van der Waals surface area contributed by atoms with Gasteiger partial charge in [-0.15, -0.1) is 0 Å². The molecule has 0 bridgehead atoms. The van der Waals surface area contributed by atoms with Crippen LogP contribution in [0.3, 0.4) is 0 Å². The number of benzene rings is 2. The number of hydrogen-bond donors (Lipinski definition) is 1. The Morgan fingerprint density at radius 1 is 1.08 bits per heavy atom. The molecule has 3 rings (SSSR count). The Bertz CT molecular complexity index is 928. The molecule has 5 heteroatoms. The highest BCUT2D eigenvalue weighted by molar-refractivity contribution is 5.90. The van der Waals surface area contributed by atoms with Crippen LogP contribution in [-0.4, -0.2) is 36.9 Å². The van der Waals surface area contributed by atoms with Crippen molar-refractivity contribution in [3.05, 3.63) is 65.1 Å². The summed E-state index contributed by atoms with van der Waals surface area (Å²) in [5, 5.41) is 0.777. The number of anilines is 1. The van der Waals surface area contributed by atoms with Gasteiger partial charge in [-0.1, -0.05) is 12.1 Å². The Morgan fingerprint density at radius 3 is 2.42 bits per heavy atom. The second-order valence-corrected chi connectivity index (χ2v) is 6.91. The van der Waals surface area contributed by atoms with Gasteiger partial charge in [-0.3, -0.25) is 4.79 Å². The molecule has 0 atom stereocenters. The first-order valence-electron chi connectivity index (χ1n) is 8.62. The van der Waals surface area contributed by atoms with Gasteiger partial charge in [0, 0.05) is 50.0 Å². The van der Waals surface area contributed by atoms with Crippen LogP contribution >= 0.6 is 0 Å². The van der Waals surface area contributed by atoms with Gasteiger partial charge in [-0.05, 0) is 48.4 Å².